The van der Waals surface area contributed by atoms with Crippen LogP contribution >= 0.6 is 0 Å². The van der Waals surface area contributed by atoms with E-state index in [9.17, 15) is 5.11 Å². The molecule has 1 atom stereocenters. The lowest BCUT2D eigenvalue weighted by atomic mass is 10.2. The summed E-state index contributed by atoms with van der Waals surface area (Å²) in [5.41, 5.74) is 1.98. The lowest BCUT2D eigenvalue weighted by molar-refractivity contribution is 0.0936. The Labute approximate surface area is 144 Å². The number of H-pyrrole nitrogens is 1. The molecule has 2 N–H and O–H groups in total. The molecule has 0 fully saturated rings. The number of fused-ring (bicyclic) bond motifs is 1. The highest BCUT2D eigenvalue weighted by molar-refractivity contribution is 5.85. The van der Waals surface area contributed by atoms with Crippen molar-refractivity contribution in [1.29, 1.82) is 0 Å². The van der Waals surface area contributed by atoms with Crippen molar-refractivity contribution < 1.29 is 9.84 Å². The number of ether oxygens (including phenoxy) is 1. The van der Waals surface area contributed by atoms with Crippen molar-refractivity contribution in [2.45, 2.75) is 12.6 Å². The van der Waals surface area contributed by atoms with E-state index in [1.807, 2.05) is 53.4 Å². The van der Waals surface area contributed by atoms with E-state index < -0.39 is 6.10 Å². The lowest BCUT2D eigenvalue weighted by Gasteiger charge is -2.15. The summed E-state index contributed by atoms with van der Waals surface area (Å²) in [5, 5.41) is 11.4. The Hall–Kier alpha value is -3.12. The van der Waals surface area contributed by atoms with Gasteiger partial charge in [-0.15, -0.1) is 0 Å². The molecule has 0 saturated heterocycles. The third-order valence-corrected chi connectivity index (χ3v) is 4.05. The predicted octanol–water partition coefficient (Wildman–Crippen LogP) is 2.87. The molecule has 0 aliphatic carbocycles. The number of pyridine rings is 1. The van der Waals surface area contributed by atoms with Gasteiger partial charge in [0.1, 0.15) is 24.3 Å². The van der Waals surface area contributed by atoms with Crippen LogP contribution in [0.2, 0.25) is 0 Å². The van der Waals surface area contributed by atoms with Gasteiger partial charge < -0.3 is 19.4 Å². The maximum Gasteiger partial charge on any atom is 0.140 e. The summed E-state index contributed by atoms with van der Waals surface area (Å²) in [6, 6.07) is 11.6. The normalized spacial score (nSPS) is 12.4. The molecular weight excluding hydrogens is 316 g/mol. The Kier molecular flexibility index (Phi) is 4.18. The Bertz CT molecular complexity index is 962. The summed E-state index contributed by atoms with van der Waals surface area (Å²) in [6.07, 6.45) is 8.26. The fourth-order valence-corrected chi connectivity index (χ4v) is 2.87. The van der Waals surface area contributed by atoms with E-state index in [1.54, 1.807) is 18.6 Å². The molecule has 1 aromatic carbocycles. The van der Waals surface area contributed by atoms with Gasteiger partial charge in [0.15, 0.2) is 0 Å². The molecule has 0 radical (unpaired) electrons. The maximum absolute atomic E-state index is 10.4. The van der Waals surface area contributed by atoms with Crippen molar-refractivity contribution >= 4 is 10.9 Å². The summed E-state index contributed by atoms with van der Waals surface area (Å²) >= 11 is 0. The monoisotopic (exact) mass is 334 g/mol. The minimum Gasteiger partial charge on any atom is -0.490 e. The van der Waals surface area contributed by atoms with Crippen LogP contribution in [0, 0.1) is 0 Å². The van der Waals surface area contributed by atoms with Crippen LogP contribution in [0.25, 0.3) is 22.3 Å². The third-order valence-electron chi connectivity index (χ3n) is 4.05. The summed E-state index contributed by atoms with van der Waals surface area (Å²) < 4.78 is 7.74. The fourth-order valence-electron chi connectivity index (χ4n) is 2.87. The Morgan fingerprint density at radius 3 is 2.88 bits per heavy atom. The van der Waals surface area contributed by atoms with Gasteiger partial charge in [-0.25, -0.2) is 4.98 Å². The second-order valence-electron chi connectivity index (χ2n) is 5.80. The molecule has 6 heteroatoms. The predicted molar refractivity (Wildman–Crippen MR) is 95.3 cm³/mol. The summed E-state index contributed by atoms with van der Waals surface area (Å²) in [4.78, 5) is 11.5. The van der Waals surface area contributed by atoms with Crippen molar-refractivity contribution in [2.75, 3.05) is 6.61 Å². The van der Waals surface area contributed by atoms with Gasteiger partial charge in [-0.3, -0.25) is 4.98 Å². The van der Waals surface area contributed by atoms with E-state index in [1.165, 1.54) is 0 Å². The van der Waals surface area contributed by atoms with E-state index in [0.29, 0.717) is 6.54 Å². The van der Waals surface area contributed by atoms with Gasteiger partial charge in [0.2, 0.25) is 0 Å². The smallest absolute Gasteiger partial charge is 0.140 e. The number of imidazole rings is 1. The third kappa shape index (κ3) is 3.25. The highest BCUT2D eigenvalue weighted by Crippen LogP contribution is 2.24. The Balaban J connectivity index is 1.44. The number of nitrogens with zero attached hydrogens (tertiary/aromatic N) is 3. The molecule has 0 aliphatic rings. The van der Waals surface area contributed by atoms with Crippen LogP contribution in [0.15, 0.2) is 67.4 Å². The van der Waals surface area contributed by atoms with E-state index in [-0.39, 0.29) is 6.61 Å². The summed E-state index contributed by atoms with van der Waals surface area (Å²) in [5.74, 6) is 1.56. The number of hydrogen-bond acceptors (Lipinski definition) is 4. The molecule has 0 amide bonds. The van der Waals surface area contributed by atoms with Gasteiger partial charge in [-0.1, -0.05) is 6.07 Å². The molecule has 6 nitrogen and oxygen atoms in total. The van der Waals surface area contributed by atoms with E-state index >= 15 is 0 Å². The Morgan fingerprint density at radius 1 is 1.12 bits per heavy atom. The topological polar surface area (TPSA) is 76.0 Å². The first-order valence-electron chi connectivity index (χ1n) is 8.10. The summed E-state index contributed by atoms with van der Waals surface area (Å²) in [7, 11) is 0. The largest absolute Gasteiger partial charge is 0.490 e. The number of nitrogens with one attached hydrogen (secondary N) is 1. The molecule has 4 aromatic rings. The minimum absolute atomic E-state index is 0.207. The molecule has 1 unspecified atom stereocenters. The van der Waals surface area contributed by atoms with Gasteiger partial charge >= 0.3 is 0 Å². The molecular formula is C19H18N4O2. The zero-order valence-electron chi connectivity index (χ0n) is 13.5. The molecule has 4 rings (SSSR count). The van der Waals surface area contributed by atoms with E-state index in [4.69, 9.17) is 4.74 Å². The second kappa shape index (κ2) is 6.78. The number of rotatable bonds is 6. The highest BCUT2D eigenvalue weighted by Gasteiger charge is 2.12. The molecule has 3 aromatic heterocycles. The minimum atomic E-state index is -0.649. The number of benzene rings is 1. The van der Waals surface area contributed by atoms with E-state index in [0.717, 1.165) is 28.0 Å². The van der Waals surface area contributed by atoms with Crippen molar-refractivity contribution in [3.05, 3.63) is 67.4 Å². The Morgan fingerprint density at radius 2 is 2.00 bits per heavy atom. The number of hydrogen-bond donors (Lipinski definition) is 2. The average Bonchev–Trinajstić information content (AvgIpc) is 3.30. The van der Waals surface area contributed by atoms with Crippen LogP contribution < -0.4 is 4.74 Å². The van der Waals surface area contributed by atoms with Crippen LogP contribution in [0.3, 0.4) is 0 Å². The number of aliphatic hydroxyl groups is 1. The van der Waals surface area contributed by atoms with Gasteiger partial charge in [0.05, 0.1) is 6.54 Å². The van der Waals surface area contributed by atoms with Crippen molar-refractivity contribution in [1.82, 2.24) is 19.5 Å². The zero-order chi connectivity index (χ0) is 17.1. The van der Waals surface area contributed by atoms with Crippen LogP contribution in [0.5, 0.6) is 5.75 Å². The second-order valence-corrected chi connectivity index (χ2v) is 5.80. The molecule has 3 heterocycles. The van der Waals surface area contributed by atoms with Gasteiger partial charge in [-0.2, -0.15) is 0 Å². The molecule has 126 valence electrons. The van der Waals surface area contributed by atoms with Crippen LogP contribution in [-0.4, -0.2) is 37.3 Å². The molecule has 0 bridgehead atoms. The first-order valence-corrected chi connectivity index (χ1v) is 8.10. The summed E-state index contributed by atoms with van der Waals surface area (Å²) in [6.45, 7) is 0.610. The molecule has 0 aliphatic heterocycles. The average molecular weight is 334 g/mol. The standard InChI is InChI=1S/C19H18N4O2/c24-15(13-25-18-3-1-2-17-16(18)6-9-21-17)12-23-11-10-22-19(23)14-4-7-20-8-5-14/h1-11,15,21,24H,12-13H2. The molecule has 25 heavy (non-hydrogen) atoms. The van der Waals surface area contributed by atoms with Crippen LogP contribution in [0.4, 0.5) is 0 Å². The number of aliphatic hydroxyl groups excluding tert-OH is 1. The van der Waals surface area contributed by atoms with Gasteiger partial charge in [0.25, 0.3) is 0 Å². The number of aromatic amines is 1. The molecule has 0 saturated carbocycles. The van der Waals surface area contributed by atoms with Crippen LogP contribution in [0.1, 0.15) is 0 Å². The zero-order valence-corrected chi connectivity index (χ0v) is 13.5. The fraction of sp³-hybridized carbons (Fsp3) is 0.158. The highest BCUT2D eigenvalue weighted by atomic mass is 16.5. The van der Waals surface area contributed by atoms with Crippen LogP contribution in [-0.2, 0) is 6.54 Å². The first kappa shape index (κ1) is 15.4. The van der Waals surface area contributed by atoms with Crippen molar-refractivity contribution in [2.24, 2.45) is 0 Å². The molecule has 0 spiro atoms. The first-order chi connectivity index (χ1) is 12.3. The SMILES string of the molecule is OC(COc1cccc2[nH]ccc12)Cn1ccnc1-c1ccncc1. The van der Waals surface area contributed by atoms with E-state index in [2.05, 4.69) is 15.0 Å². The lowest BCUT2D eigenvalue weighted by Crippen LogP contribution is -2.23. The van der Waals surface area contributed by atoms with Crippen molar-refractivity contribution in [3.63, 3.8) is 0 Å². The quantitative estimate of drug-likeness (QED) is 0.568. The van der Waals surface area contributed by atoms with Crippen molar-refractivity contribution in [3.8, 4) is 17.1 Å². The maximum atomic E-state index is 10.4. The van der Waals surface area contributed by atoms with Gasteiger partial charge in [-0.05, 0) is 30.3 Å². The van der Waals surface area contributed by atoms with Gasteiger partial charge in [0, 0.05) is 47.5 Å². The number of aromatic nitrogens is 4.